The van der Waals surface area contributed by atoms with E-state index in [9.17, 15) is 4.79 Å². The highest BCUT2D eigenvalue weighted by Gasteiger charge is 2.15. The maximum atomic E-state index is 11.1. The van der Waals surface area contributed by atoms with Crippen LogP contribution in [0, 0.1) is 13.8 Å². The number of carboxylic acid groups (broad SMARTS) is 1. The molecule has 0 saturated carbocycles. The normalized spacial score (nSPS) is 11.5. The average molecular weight is 343 g/mol. The Morgan fingerprint density at radius 3 is 2.75 bits per heavy atom. The minimum Gasteiger partial charge on any atom is -0.481 e. The Kier molecular flexibility index (Phi) is 4.31. The van der Waals surface area contributed by atoms with Crippen molar-refractivity contribution >= 4 is 34.7 Å². The van der Waals surface area contributed by atoms with Gasteiger partial charge in [0.1, 0.15) is 5.65 Å². The molecule has 0 radical (unpaired) electrons. The first-order valence-corrected chi connectivity index (χ1v) is 7.69. The number of carbonyl (C=O) groups is 1. The predicted octanol–water partition coefficient (Wildman–Crippen LogP) is 4.65. The fraction of sp³-hybridized carbons (Fsp3) is 0.176. The topological polar surface area (TPSA) is 79.3 Å². The van der Waals surface area contributed by atoms with E-state index in [0.717, 1.165) is 16.8 Å². The van der Waals surface area contributed by atoms with Gasteiger partial charge in [-0.05, 0) is 37.6 Å². The lowest BCUT2D eigenvalue weighted by Gasteiger charge is -2.01. The van der Waals surface area contributed by atoms with Crippen molar-refractivity contribution in [1.82, 2.24) is 9.38 Å². The van der Waals surface area contributed by atoms with Gasteiger partial charge in [0, 0.05) is 6.20 Å². The van der Waals surface area contributed by atoms with Crippen molar-refractivity contribution in [2.24, 2.45) is 10.2 Å². The van der Waals surface area contributed by atoms with Crippen LogP contribution in [0.15, 0.2) is 46.8 Å². The fourth-order valence-electron chi connectivity index (χ4n) is 2.44. The minimum absolute atomic E-state index is 0.236. The molecule has 0 fully saturated rings. The zero-order valence-electron chi connectivity index (χ0n) is 13.2. The second-order valence-corrected chi connectivity index (χ2v) is 5.95. The summed E-state index contributed by atoms with van der Waals surface area (Å²) in [6.45, 7) is 3.95. The van der Waals surface area contributed by atoms with Gasteiger partial charge in [0.2, 0.25) is 0 Å². The number of halogens is 1. The number of aryl methyl sites for hydroxylation is 2. The number of fused-ring (bicyclic) bond motifs is 1. The van der Waals surface area contributed by atoms with Crippen molar-refractivity contribution in [2.75, 3.05) is 0 Å². The molecular weight excluding hydrogens is 328 g/mol. The SMILES string of the molecule is Cc1ccc(N=Nc2c(CC(=O)O)nc3ccc(Cl)cn23)c(C)c1. The zero-order valence-corrected chi connectivity index (χ0v) is 13.9. The summed E-state index contributed by atoms with van der Waals surface area (Å²) in [5.41, 5.74) is 3.77. The molecule has 0 atom stereocenters. The van der Waals surface area contributed by atoms with Crippen LogP contribution in [0.3, 0.4) is 0 Å². The maximum Gasteiger partial charge on any atom is 0.309 e. The van der Waals surface area contributed by atoms with Crippen molar-refractivity contribution in [1.29, 1.82) is 0 Å². The van der Waals surface area contributed by atoms with E-state index >= 15 is 0 Å². The lowest BCUT2D eigenvalue weighted by atomic mass is 10.1. The molecule has 3 aromatic rings. The van der Waals surface area contributed by atoms with Gasteiger partial charge in [-0.2, -0.15) is 0 Å². The Morgan fingerprint density at radius 1 is 1.25 bits per heavy atom. The molecule has 0 bridgehead atoms. The van der Waals surface area contributed by atoms with E-state index in [0.29, 0.717) is 22.2 Å². The molecule has 0 aliphatic heterocycles. The first-order chi connectivity index (χ1) is 11.4. The molecule has 0 amide bonds. The number of pyridine rings is 1. The van der Waals surface area contributed by atoms with Gasteiger partial charge >= 0.3 is 5.97 Å². The Balaban J connectivity index is 2.10. The second-order valence-electron chi connectivity index (χ2n) is 5.52. The van der Waals surface area contributed by atoms with Crippen LogP contribution in [0.5, 0.6) is 0 Å². The van der Waals surface area contributed by atoms with E-state index in [2.05, 4.69) is 15.2 Å². The van der Waals surface area contributed by atoms with E-state index in [1.807, 2.05) is 32.0 Å². The molecule has 0 aliphatic carbocycles. The second kappa shape index (κ2) is 6.41. The van der Waals surface area contributed by atoms with Crippen molar-refractivity contribution < 1.29 is 9.90 Å². The summed E-state index contributed by atoms with van der Waals surface area (Å²) in [6, 6.07) is 9.24. The standard InChI is InChI=1S/C17H15ClN4O2/c1-10-3-5-13(11(2)7-10)20-21-17-14(8-16(23)24)19-15-6-4-12(18)9-22(15)17/h3-7,9H,8H2,1-2H3,(H,23,24). The summed E-state index contributed by atoms with van der Waals surface area (Å²) < 4.78 is 1.65. The molecule has 7 heteroatoms. The molecule has 2 heterocycles. The molecule has 0 unspecified atom stereocenters. The maximum absolute atomic E-state index is 11.1. The number of hydrogen-bond acceptors (Lipinski definition) is 4. The third kappa shape index (κ3) is 3.28. The molecule has 0 aliphatic rings. The zero-order chi connectivity index (χ0) is 17.3. The molecule has 1 N–H and O–H groups in total. The minimum atomic E-state index is -0.979. The van der Waals surface area contributed by atoms with E-state index in [4.69, 9.17) is 16.7 Å². The van der Waals surface area contributed by atoms with Crippen molar-refractivity contribution in [3.05, 3.63) is 58.4 Å². The van der Waals surface area contributed by atoms with Crippen LogP contribution in [0.2, 0.25) is 5.02 Å². The van der Waals surface area contributed by atoms with Crippen LogP contribution in [0.1, 0.15) is 16.8 Å². The first-order valence-electron chi connectivity index (χ1n) is 7.31. The van der Waals surface area contributed by atoms with Crippen molar-refractivity contribution in [3.63, 3.8) is 0 Å². The van der Waals surface area contributed by atoms with Crippen LogP contribution in [-0.4, -0.2) is 20.5 Å². The number of aromatic nitrogens is 2. The van der Waals surface area contributed by atoms with Gasteiger partial charge in [-0.1, -0.05) is 29.3 Å². The summed E-state index contributed by atoms with van der Waals surface area (Å²) in [6.07, 6.45) is 1.41. The van der Waals surface area contributed by atoms with Gasteiger partial charge in [0.15, 0.2) is 5.82 Å². The average Bonchev–Trinajstić information content (AvgIpc) is 2.82. The number of rotatable bonds is 4. The fourth-order valence-corrected chi connectivity index (χ4v) is 2.60. The van der Waals surface area contributed by atoms with Crippen molar-refractivity contribution in [2.45, 2.75) is 20.3 Å². The van der Waals surface area contributed by atoms with Gasteiger partial charge < -0.3 is 5.11 Å². The third-order valence-electron chi connectivity index (χ3n) is 3.55. The number of aliphatic carboxylic acids is 1. The monoisotopic (exact) mass is 342 g/mol. The predicted molar refractivity (Wildman–Crippen MR) is 91.6 cm³/mol. The highest BCUT2D eigenvalue weighted by atomic mass is 35.5. The van der Waals surface area contributed by atoms with Crippen LogP contribution in [0.25, 0.3) is 5.65 Å². The Bertz CT molecular complexity index is 963. The number of imidazole rings is 1. The first kappa shape index (κ1) is 16.1. The Hall–Kier alpha value is -2.73. The molecule has 24 heavy (non-hydrogen) atoms. The van der Waals surface area contributed by atoms with E-state index in [1.54, 1.807) is 22.7 Å². The van der Waals surface area contributed by atoms with Gasteiger partial charge in [-0.15, -0.1) is 10.2 Å². The summed E-state index contributed by atoms with van der Waals surface area (Å²) in [7, 11) is 0. The molecule has 2 aromatic heterocycles. The van der Waals surface area contributed by atoms with Crippen LogP contribution in [-0.2, 0) is 11.2 Å². The number of azo groups is 1. The molecule has 122 valence electrons. The van der Waals surface area contributed by atoms with E-state index in [1.165, 1.54) is 0 Å². The van der Waals surface area contributed by atoms with Gasteiger partial charge in [-0.25, -0.2) is 4.98 Å². The van der Waals surface area contributed by atoms with Crippen LogP contribution >= 0.6 is 11.6 Å². The van der Waals surface area contributed by atoms with Gasteiger partial charge in [0.05, 0.1) is 22.8 Å². The molecule has 0 saturated heterocycles. The molecule has 0 spiro atoms. The third-order valence-corrected chi connectivity index (χ3v) is 3.77. The Morgan fingerprint density at radius 2 is 2.04 bits per heavy atom. The number of benzene rings is 1. The molecular formula is C17H15ClN4O2. The van der Waals surface area contributed by atoms with E-state index in [-0.39, 0.29) is 6.42 Å². The van der Waals surface area contributed by atoms with Gasteiger partial charge in [-0.3, -0.25) is 9.20 Å². The summed E-state index contributed by atoms with van der Waals surface area (Å²) in [5, 5.41) is 18.1. The largest absolute Gasteiger partial charge is 0.481 e. The summed E-state index contributed by atoms with van der Waals surface area (Å²) in [5.74, 6) is -0.609. The molecule has 1 aromatic carbocycles. The molecule has 3 rings (SSSR count). The van der Waals surface area contributed by atoms with Crippen LogP contribution in [0.4, 0.5) is 11.5 Å². The van der Waals surface area contributed by atoms with Gasteiger partial charge in [0.25, 0.3) is 0 Å². The van der Waals surface area contributed by atoms with Crippen molar-refractivity contribution in [3.8, 4) is 0 Å². The highest BCUT2D eigenvalue weighted by molar-refractivity contribution is 6.30. The highest BCUT2D eigenvalue weighted by Crippen LogP contribution is 2.27. The number of nitrogens with zero attached hydrogens (tertiary/aromatic N) is 4. The van der Waals surface area contributed by atoms with Crippen LogP contribution < -0.4 is 0 Å². The number of carboxylic acids is 1. The lowest BCUT2D eigenvalue weighted by Crippen LogP contribution is -2.00. The summed E-state index contributed by atoms with van der Waals surface area (Å²) in [4.78, 5) is 15.4. The lowest BCUT2D eigenvalue weighted by molar-refractivity contribution is -0.136. The number of hydrogen-bond donors (Lipinski definition) is 1. The summed E-state index contributed by atoms with van der Waals surface area (Å²) >= 11 is 6.03. The quantitative estimate of drug-likeness (QED) is 0.701. The van der Waals surface area contributed by atoms with E-state index < -0.39 is 5.97 Å². The molecule has 6 nitrogen and oxygen atoms in total. The smallest absolute Gasteiger partial charge is 0.309 e. The Labute approximate surface area is 143 Å².